The van der Waals surface area contributed by atoms with Gasteiger partial charge in [-0.25, -0.2) is 13.6 Å². The molecule has 2 N–H and O–H groups in total. The Morgan fingerprint density at radius 3 is 2.80 bits per heavy atom. The lowest BCUT2D eigenvalue weighted by molar-refractivity contribution is -0.139. The van der Waals surface area contributed by atoms with Crippen molar-refractivity contribution < 1.29 is 31.5 Å². The zero-order valence-electron chi connectivity index (χ0n) is 15.4. The van der Waals surface area contributed by atoms with Crippen molar-refractivity contribution in [1.82, 2.24) is 20.0 Å². The van der Waals surface area contributed by atoms with Crippen molar-refractivity contribution in [1.29, 1.82) is 0 Å². The summed E-state index contributed by atoms with van der Waals surface area (Å²) in [7, 11) is 0. The fraction of sp³-hybridized carbons (Fsp3) is 0.389. The monoisotopic (exact) mass is 429 g/mol. The molecule has 0 saturated carbocycles. The van der Waals surface area contributed by atoms with Crippen molar-refractivity contribution in [2.24, 2.45) is 0 Å². The Hall–Kier alpha value is -3.18. The van der Waals surface area contributed by atoms with Gasteiger partial charge in [0, 0.05) is 24.2 Å². The second-order valence-corrected chi connectivity index (χ2v) is 7.06. The first-order chi connectivity index (χ1) is 14.1. The van der Waals surface area contributed by atoms with E-state index in [0.717, 1.165) is 6.07 Å². The summed E-state index contributed by atoms with van der Waals surface area (Å²) in [6.45, 7) is -0.0617. The smallest absolute Gasteiger partial charge is 0.348 e. The highest BCUT2D eigenvalue weighted by Crippen LogP contribution is 2.33. The van der Waals surface area contributed by atoms with Crippen molar-refractivity contribution in [3.05, 3.63) is 46.5 Å². The lowest BCUT2D eigenvalue weighted by Crippen LogP contribution is -2.39. The van der Waals surface area contributed by atoms with Crippen LogP contribution in [0.1, 0.15) is 27.3 Å². The first-order valence-electron chi connectivity index (χ1n) is 9.07. The van der Waals surface area contributed by atoms with Gasteiger partial charge in [-0.2, -0.15) is 18.3 Å². The molecule has 1 aromatic carbocycles. The lowest BCUT2D eigenvalue weighted by Gasteiger charge is -2.27. The number of carbonyl (C=O) groups excluding carboxylic acids is 2. The van der Waals surface area contributed by atoms with Gasteiger partial charge in [0.1, 0.15) is 17.7 Å². The highest BCUT2D eigenvalue weighted by Gasteiger charge is 2.35. The van der Waals surface area contributed by atoms with Crippen LogP contribution in [-0.4, -0.2) is 45.9 Å². The number of alkyl halides is 4. The molecule has 0 spiro atoms. The number of hydrogen-bond donors (Lipinski definition) is 2. The third-order valence-electron chi connectivity index (χ3n) is 4.98. The predicted octanol–water partition coefficient (Wildman–Crippen LogP) is 2.71. The molecule has 12 heteroatoms. The molecule has 0 bridgehead atoms. The number of amides is 3. The van der Waals surface area contributed by atoms with Crippen molar-refractivity contribution in [3.63, 3.8) is 0 Å². The molecule has 0 fully saturated rings. The molecule has 2 aromatic rings. The van der Waals surface area contributed by atoms with E-state index in [-0.39, 0.29) is 37.6 Å². The fourth-order valence-corrected chi connectivity index (χ4v) is 3.55. The molecule has 1 atom stereocenters. The van der Waals surface area contributed by atoms with Crippen LogP contribution in [-0.2, 0) is 25.7 Å². The summed E-state index contributed by atoms with van der Waals surface area (Å²) in [4.78, 5) is 26.2. The molecule has 1 unspecified atom stereocenters. The van der Waals surface area contributed by atoms with Crippen LogP contribution >= 0.6 is 0 Å². The van der Waals surface area contributed by atoms with E-state index in [1.807, 2.05) is 0 Å². The van der Waals surface area contributed by atoms with Crippen LogP contribution < -0.4 is 10.6 Å². The van der Waals surface area contributed by atoms with Gasteiger partial charge < -0.3 is 15.5 Å². The van der Waals surface area contributed by atoms with Crippen LogP contribution in [0, 0.1) is 5.82 Å². The third kappa shape index (κ3) is 3.68. The maximum absolute atomic E-state index is 13.8. The molecule has 2 aliphatic rings. The van der Waals surface area contributed by atoms with E-state index in [1.165, 1.54) is 9.58 Å². The number of fused-ring (bicyclic) bond motifs is 3. The van der Waals surface area contributed by atoms with Crippen molar-refractivity contribution in [2.45, 2.75) is 31.9 Å². The number of anilines is 1. The third-order valence-corrected chi connectivity index (χ3v) is 4.98. The average Bonchev–Trinajstić information content (AvgIpc) is 2.96. The number of benzene rings is 1. The Kier molecular flexibility index (Phi) is 4.86. The molecule has 160 valence electrons. The van der Waals surface area contributed by atoms with Gasteiger partial charge in [0.25, 0.3) is 5.91 Å². The van der Waals surface area contributed by atoms with Gasteiger partial charge in [-0.05, 0) is 18.2 Å². The Labute approximate surface area is 166 Å². The van der Waals surface area contributed by atoms with Gasteiger partial charge >= 0.3 is 12.2 Å². The second-order valence-electron chi connectivity index (χ2n) is 7.06. The van der Waals surface area contributed by atoms with Crippen molar-refractivity contribution in [3.8, 4) is 0 Å². The summed E-state index contributed by atoms with van der Waals surface area (Å²) < 4.78 is 67.1. The van der Waals surface area contributed by atoms with E-state index in [9.17, 15) is 31.5 Å². The van der Waals surface area contributed by atoms with Gasteiger partial charge in [-0.1, -0.05) is 0 Å². The summed E-state index contributed by atoms with van der Waals surface area (Å²) in [5.41, 5.74) is -0.492. The zero-order chi connectivity index (χ0) is 21.6. The SMILES string of the molecule is O=C1NCC(F)Cn2nc3c(c21)CN(C(=O)Nc1ccc(F)c(C(F)(F)F)c1)CC3. The number of carbonyl (C=O) groups is 2. The Balaban J connectivity index is 1.54. The predicted molar refractivity (Wildman–Crippen MR) is 94.0 cm³/mol. The highest BCUT2D eigenvalue weighted by molar-refractivity contribution is 5.95. The Bertz CT molecular complexity index is 1020. The quantitative estimate of drug-likeness (QED) is 0.685. The maximum Gasteiger partial charge on any atom is 0.419 e. The minimum Gasteiger partial charge on any atom is -0.348 e. The molecule has 4 rings (SSSR count). The van der Waals surface area contributed by atoms with E-state index >= 15 is 0 Å². The number of nitrogens with one attached hydrogen (secondary N) is 2. The van der Waals surface area contributed by atoms with E-state index < -0.39 is 35.7 Å². The maximum atomic E-state index is 13.8. The molecule has 2 aliphatic heterocycles. The average molecular weight is 429 g/mol. The summed E-state index contributed by atoms with van der Waals surface area (Å²) in [6, 6.07) is 1.46. The van der Waals surface area contributed by atoms with Crippen LogP contribution in [0.25, 0.3) is 0 Å². The van der Waals surface area contributed by atoms with Crippen molar-refractivity contribution in [2.75, 3.05) is 18.4 Å². The van der Waals surface area contributed by atoms with Crippen LogP contribution in [0.15, 0.2) is 18.2 Å². The second kappa shape index (κ2) is 7.26. The molecule has 30 heavy (non-hydrogen) atoms. The molecule has 7 nitrogen and oxygen atoms in total. The number of halogens is 5. The Morgan fingerprint density at radius 2 is 2.07 bits per heavy atom. The number of urea groups is 1. The van der Waals surface area contributed by atoms with Gasteiger partial charge in [-0.15, -0.1) is 0 Å². The van der Waals surface area contributed by atoms with E-state index in [4.69, 9.17) is 0 Å². The van der Waals surface area contributed by atoms with Crippen molar-refractivity contribution >= 4 is 17.6 Å². The zero-order valence-corrected chi connectivity index (χ0v) is 15.4. The number of hydrogen-bond acceptors (Lipinski definition) is 3. The van der Waals surface area contributed by atoms with E-state index in [2.05, 4.69) is 15.7 Å². The summed E-state index contributed by atoms with van der Waals surface area (Å²) in [6.07, 6.45) is -5.90. The van der Waals surface area contributed by atoms with Crippen LogP contribution in [0.4, 0.5) is 32.4 Å². The van der Waals surface area contributed by atoms with Gasteiger partial charge in [0.15, 0.2) is 0 Å². The summed E-state index contributed by atoms with van der Waals surface area (Å²) in [5, 5.41) is 9.05. The molecule has 3 heterocycles. The molecular weight excluding hydrogens is 413 g/mol. The minimum absolute atomic E-state index is 0.0196. The topological polar surface area (TPSA) is 79.3 Å². The van der Waals surface area contributed by atoms with Crippen LogP contribution in [0.5, 0.6) is 0 Å². The number of aromatic nitrogens is 2. The van der Waals surface area contributed by atoms with Gasteiger partial charge in [0.05, 0.1) is 30.9 Å². The minimum atomic E-state index is -4.90. The van der Waals surface area contributed by atoms with Gasteiger partial charge in [-0.3, -0.25) is 9.48 Å². The summed E-state index contributed by atoms with van der Waals surface area (Å²) >= 11 is 0. The standard InChI is InChI=1S/C18H16F5N5O2/c19-9-6-24-16(29)15-11-8-27(4-3-14(11)26-28(15)7-9)17(30)25-10-1-2-13(20)12(5-10)18(21,22)23/h1-2,5,9H,3-4,6-8H2,(H,24,29)(H,25,30). The first kappa shape index (κ1) is 20.1. The first-order valence-corrected chi connectivity index (χ1v) is 9.07. The highest BCUT2D eigenvalue weighted by atomic mass is 19.4. The lowest BCUT2D eigenvalue weighted by atomic mass is 10.1. The largest absolute Gasteiger partial charge is 0.419 e. The molecule has 1 aromatic heterocycles. The van der Waals surface area contributed by atoms with E-state index in [0.29, 0.717) is 29.8 Å². The summed E-state index contributed by atoms with van der Waals surface area (Å²) in [5.74, 6) is -1.94. The van der Waals surface area contributed by atoms with Gasteiger partial charge in [0.2, 0.25) is 0 Å². The molecular formula is C18H16F5N5O2. The van der Waals surface area contributed by atoms with Crippen LogP contribution in [0.2, 0.25) is 0 Å². The number of nitrogens with zero attached hydrogens (tertiary/aromatic N) is 3. The number of rotatable bonds is 1. The molecule has 0 saturated heterocycles. The fourth-order valence-electron chi connectivity index (χ4n) is 3.55. The molecule has 0 radical (unpaired) electrons. The van der Waals surface area contributed by atoms with Crippen LogP contribution in [0.3, 0.4) is 0 Å². The normalized spacial score (nSPS) is 18.9. The van der Waals surface area contributed by atoms with E-state index in [1.54, 1.807) is 0 Å². The Morgan fingerprint density at radius 1 is 1.30 bits per heavy atom. The molecule has 0 aliphatic carbocycles. The molecule has 3 amide bonds.